The Balaban J connectivity index is 1.68. The highest BCUT2D eigenvalue weighted by Crippen LogP contribution is 2.40. The molecule has 4 nitrogen and oxygen atoms in total. The Kier molecular flexibility index (Phi) is 5.34. The van der Waals surface area contributed by atoms with Crippen LogP contribution in [0.5, 0.6) is 0 Å². The van der Waals surface area contributed by atoms with Crippen molar-refractivity contribution < 1.29 is 14.3 Å². The lowest BCUT2D eigenvalue weighted by Gasteiger charge is -2.50. The number of likely N-dealkylation sites (tertiary alicyclic amines) is 1. The molecular formula is C19H27NO3. The molecule has 2 atom stereocenters. The SMILES string of the molecule is CCOC[C@]12CCCO[C@H]1CCN(C(=O)Cc1ccccc1)C2. The van der Waals surface area contributed by atoms with Gasteiger partial charge in [-0.1, -0.05) is 30.3 Å². The molecule has 0 N–H and O–H groups in total. The van der Waals surface area contributed by atoms with Gasteiger partial charge in [-0.25, -0.2) is 0 Å². The van der Waals surface area contributed by atoms with Crippen molar-refractivity contribution in [3.63, 3.8) is 0 Å². The number of benzene rings is 1. The van der Waals surface area contributed by atoms with Crippen molar-refractivity contribution in [1.82, 2.24) is 4.90 Å². The second-order valence-corrected chi connectivity index (χ2v) is 6.73. The molecule has 2 heterocycles. The number of carbonyl (C=O) groups excluding carboxylic acids is 1. The Morgan fingerprint density at radius 2 is 2.22 bits per heavy atom. The fourth-order valence-electron chi connectivity index (χ4n) is 3.90. The number of amides is 1. The fourth-order valence-corrected chi connectivity index (χ4v) is 3.90. The molecule has 2 fully saturated rings. The van der Waals surface area contributed by atoms with Crippen molar-refractivity contribution in [2.24, 2.45) is 5.41 Å². The van der Waals surface area contributed by atoms with Crippen molar-refractivity contribution in [2.75, 3.05) is 32.9 Å². The van der Waals surface area contributed by atoms with E-state index in [0.717, 1.165) is 44.5 Å². The van der Waals surface area contributed by atoms with Crippen molar-refractivity contribution in [2.45, 2.75) is 38.7 Å². The molecule has 0 radical (unpaired) electrons. The summed E-state index contributed by atoms with van der Waals surface area (Å²) in [6.07, 6.45) is 3.80. The summed E-state index contributed by atoms with van der Waals surface area (Å²) in [4.78, 5) is 14.7. The van der Waals surface area contributed by atoms with Crippen LogP contribution >= 0.6 is 0 Å². The van der Waals surface area contributed by atoms with Gasteiger partial charge in [0.15, 0.2) is 0 Å². The molecule has 1 aromatic rings. The van der Waals surface area contributed by atoms with Crippen LogP contribution in [0.15, 0.2) is 30.3 Å². The van der Waals surface area contributed by atoms with Crippen LogP contribution < -0.4 is 0 Å². The normalized spacial score (nSPS) is 27.5. The smallest absolute Gasteiger partial charge is 0.227 e. The minimum atomic E-state index is -0.0150. The molecule has 3 rings (SSSR count). The van der Waals surface area contributed by atoms with E-state index in [0.29, 0.717) is 19.6 Å². The molecule has 0 bridgehead atoms. The molecule has 2 aliphatic heterocycles. The highest BCUT2D eigenvalue weighted by Gasteiger charge is 2.47. The van der Waals surface area contributed by atoms with Gasteiger partial charge in [-0.2, -0.15) is 0 Å². The predicted molar refractivity (Wildman–Crippen MR) is 89.2 cm³/mol. The molecule has 0 spiro atoms. The lowest BCUT2D eigenvalue weighted by Crippen LogP contribution is -2.58. The van der Waals surface area contributed by atoms with Crippen LogP contribution in [-0.2, 0) is 20.7 Å². The van der Waals surface area contributed by atoms with E-state index >= 15 is 0 Å². The van der Waals surface area contributed by atoms with Gasteiger partial charge >= 0.3 is 0 Å². The molecule has 0 aromatic heterocycles. The van der Waals surface area contributed by atoms with E-state index in [-0.39, 0.29) is 17.4 Å². The summed E-state index contributed by atoms with van der Waals surface area (Å²) in [7, 11) is 0. The molecule has 2 saturated heterocycles. The highest BCUT2D eigenvalue weighted by molar-refractivity contribution is 5.79. The number of rotatable bonds is 5. The van der Waals surface area contributed by atoms with Crippen LogP contribution in [0.25, 0.3) is 0 Å². The van der Waals surface area contributed by atoms with Crippen molar-refractivity contribution >= 4 is 5.91 Å². The van der Waals surface area contributed by atoms with Gasteiger partial charge in [-0.15, -0.1) is 0 Å². The van der Waals surface area contributed by atoms with Crippen molar-refractivity contribution in [1.29, 1.82) is 0 Å². The zero-order valence-electron chi connectivity index (χ0n) is 14.0. The first kappa shape index (κ1) is 16.5. The standard InChI is InChI=1S/C19H27NO3/c1-2-22-15-19-10-6-12-23-17(19)9-11-20(14-19)18(21)13-16-7-4-3-5-8-16/h3-5,7-8,17H,2,6,9-15H2,1H3/t17-,19+/m0/s1. The summed E-state index contributed by atoms with van der Waals surface area (Å²) in [6.45, 7) is 5.84. The fraction of sp³-hybridized carbons (Fsp3) is 0.632. The third kappa shape index (κ3) is 3.75. The molecule has 23 heavy (non-hydrogen) atoms. The third-order valence-corrected chi connectivity index (χ3v) is 5.13. The first-order valence-electron chi connectivity index (χ1n) is 8.74. The maximum absolute atomic E-state index is 12.7. The van der Waals surface area contributed by atoms with Gasteiger partial charge < -0.3 is 14.4 Å². The van der Waals surface area contributed by atoms with Gasteiger partial charge in [-0.05, 0) is 31.7 Å². The molecule has 1 amide bonds. The summed E-state index contributed by atoms with van der Waals surface area (Å²) in [5, 5.41) is 0. The lowest BCUT2D eigenvalue weighted by molar-refractivity contribution is -0.163. The van der Waals surface area contributed by atoms with Gasteiger partial charge in [0, 0.05) is 31.7 Å². The van der Waals surface area contributed by atoms with Gasteiger partial charge in [-0.3, -0.25) is 4.79 Å². The molecule has 0 aliphatic carbocycles. The van der Waals surface area contributed by atoms with Crippen molar-refractivity contribution in [3.8, 4) is 0 Å². The Morgan fingerprint density at radius 1 is 1.39 bits per heavy atom. The summed E-state index contributed by atoms with van der Waals surface area (Å²) in [6, 6.07) is 9.99. The predicted octanol–water partition coefficient (Wildman–Crippen LogP) is 2.66. The Labute approximate surface area is 138 Å². The molecule has 2 aliphatic rings. The maximum atomic E-state index is 12.7. The van der Waals surface area contributed by atoms with Crippen LogP contribution in [0.3, 0.4) is 0 Å². The topological polar surface area (TPSA) is 38.8 Å². The zero-order valence-corrected chi connectivity index (χ0v) is 14.0. The second-order valence-electron chi connectivity index (χ2n) is 6.73. The van der Waals surface area contributed by atoms with Gasteiger partial charge in [0.1, 0.15) is 0 Å². The Morgan fingerprint density at radius 3 is 3.00 bits per heavy atom. The molecular weight excluding hydrogens is 290 g/mol. The monoisotopic (exact) mass is 317 g/mol. The van der Waals surface area contributed by atoms with Crippen LogP contribution in [0.4, 0.5) is 0 Å². The summed E-state index contributed by atoms with van der Waals surface area (Å²) in [5.74, 6) is 0.219. The maximum Gasteiger partial charge on any atom is 0.227 e. The third-order valence-electron chi connectivity index (χ3n) is 5.13. The summed E-state index contributed by atoms with van der Waals surface area (Å²) in [5.41, 5.74) is 1.07. The summed E-state index contributed by atoms with van der Waals surface area (Å²) < 4.78 is 11.8. The summed E-state index contributed by atoms with van der Waals surface area (Å²) >= 11 is 0. The number of piperidine rings is 1. The average molecular weight is 317 g/mol. The Hall–Kier alpha value is -1.39. The van der Waals surface area contributed by atoms with Crippen LogP contribution in [0.2, 0.25) is 0 Å². The number of hydrogen-bond donors (Lipinski definition) is 0. The molecule has 4 heteroatoms. The molecule has 1 aromatic carbocycles. The first-order chi connectivity index (χ1) is 11.2. The van der Waals surface area contributed by atoms with E-state index in [1.807, 2.05) is 42.2 Å². The number of nitrogens with zero attached hydrogens (tertiary/aromatic N) is 1. The molecule has 0 unspecified atom stereocenters. The van der Waals surface area contributed by atoms with E-state index in [2.05, 4.69) is 0 Å². The van der Waals surface area contributed by atoms with Gasteiger partial charge in [0.2, 0.25) is 5.91 Å². The quantitative estimate of drug-likeness (QED) is 0.838. The minimum Gasteiger partial charge on any atom is -0.381 e. The molecule has 126 valence electrons. The van der Waals surface area contributed by atoms with E-state index in [1.54, 1.807) is 0 Å². The van der Waals surface area contributed by atoms with Gasteiger partial charge in [0.05, 0.1) is 19.1 Å². The molecule has 0 saturated carbocycles. The second kappa shape index (κ2) is 7.45. The minimum absolute atomic E-state index is 0.0150. The van der Waals surface area contributed by atoms with Gasteiger partial charge in [0.25, 0.3) is 0 Å². The van der Waals surface area contributed by atoms with E-state index in [1.165, 1.54) is 0 Å². The number of ether oxygens (including phenoxy) is 2. The van der Waals surface area contributed by atoms with E-state index in [4.69, 9.17) is 9.47 Å². The number of hydrogen-bond acceptors (Lipinski definition) is 3. The van der Waals surface area contributed by atoms with Crippen LogP contribution in [-0.4, -0.2) is 49.8 Å². The van der Waals surface area contributed by atoms with Crippen LogP contribution in [0, 0.1) is 5.41 Å². The van der Waals surface area contributed by atoms with E-state index in [9.17, 15) is 4.79 Å². The van der Waals surface area contributed by atoms with E-state index < -0.39 is 0 Å². The van der Waals surface area contributed by atoms with Crippen molar-refractivity contribution in [3.05, 3.63) is 35.9 Å². The largest absolute Gasteiger partial charge is 0.381 e. The van der Waals surface area contributed by atoms with Crippen LogP contribution in [0.1, 0.15) is 31.7 Å². The lowest BCUT2D eigenvalue weighted by atomic mass is 9.73. The average Bonchev–Trinajstić information content (AvgIpc) is 2.60. The first-order valence-corrected chi connectivity index (χ1v) is 8.74. The zero-order chi connectivity index (χ0) is 16.1. The number of carbonyl (C=O) groups is 1. The highest BCUT2D eigenvalue weighted by atomic mass is 16.5. The Bertz CT molecular complexity index is 519. The number of fused-ring (bicyclic) bond motifs is 1.